The van der Waals surface area contributed by atoms with E-state index in [1.54, 1.807) is 0 Å². The molecule has 0 aromatic carbocycles. The van der Waals surface area contributed by atoms with E-state index in [0.29, 0.717) is 0 Å². The minimum absolute atomic E-state index is 0. The minimum atomic E-state index is -1.53. The quantitative estimate of drug-likeness (QED) is 0.128. The van der Waals surface area contributed by atoms with E-state index < -0.39 is 47.9 Å². The van der Waals surface area contributed by atoms with Gasteiger partial charge in [0.15, 0.2) is 0 Å². The van der Waals surface area contributed by atoms with Gasteiger partial charge in [-0.3, -0.25) is 9.59 Å². The van der Waals surface area contributed by atoms with Gasteiger partial charge in [0.2, 0.25) is 11.8 Å². The van der Waals surface area contributed by atoms with Crippen LogP contribution in [0.2, 0.25) is 0 Å². The molecular formula is C13H18N3Na3O8. The molecule has 0 aromatic rings. The van der Waals surface area contributed by atoms with Crippen LogP contribution in [0.1, 0.15) is 13.3 Å². The van der Waals surface area contributed by atoms with Gasteiger partial charge in [-0.25, -0.2) is 0 Å². The zero-order valence-corrected chi connectivity index (χ0v) is 21.9. The SMILES string of the molecule is C=C(O[O-])C(C)NC(=O)CC(NC(=O)C(N)C(=C)O[O-])C(=C)O[O-].[Na+].[Na+].[Na+]. The topological polar surface area (TPSA) is 181 Å². The molecule has 27 heavy (non-hydrogen) atoms. The standard InChI is InChI=1S/C13H21N3O8.3Na/c1-6(7(2)22-19)15-11(17)5-10(8(3)23-20)16-13(18)12(14)9(4)24-21;;;/h6,10,12,19-21H,2-5,14H2,1H3,(H,15,17)(H,16,18);;;/q;3*+1/p-3. The second-order valence-corrected chi connectivity index (χ2v) is 4.68. The van der Waals surface area contributed by atoms with Gasteiger partial charge < -0.3 is 46.8 Å². The van der Waals surface area contributed by atoms with Crippen molar-refractivity contribution in [1.29, 1.82) is 0 Å². The van der Waals surface area contributed by atoms with Crippen molar-refractivity contribution in [3.05, 3.63) is 37.0 Å². The number of hydrogen-bond acceptors (Lipinski definition) is 9. The van der Waals surface area contributed by atoms with Crippen LogP contribution in [0.5, 0.6) is 0 Å². The largest absolute Gasteiger partial charge is 1.00 e. The molecule has 0 aliphatic rings. The first kappa shape index (κ1) is 34.9. The van der Waals surface area contributed by atoms with Crippen LogP contribution in [0.4, 0.5) is 0 Å². The summed E-state index contributed by atoms with van der Waals surface area (Å²) >= 11 is 0. The summed E-state index contributed by atoms with van der Waals surface area (Å²) in [5, 5.41) is 35.4. The van der Waals surface area contributed by atoms with Crippen molar-refractivity contribution in [2.24, 2.45) is 5.73 Å². The van der Waals surface area contributed by atoms with E-state index >= 15 is 0 Å². The molecule has 14 heteroatoms. The maximum absolute atomic E-state index is 11.9. The van der Waals surface area contributed by atoms with Crippen LogP contribution in [-0.4, -0.2) is 29.9 Å². The van der Waals surface area contributed by atoms with Gasteiger partial charge in [-0.05, 0) is 6.92 Å². The Kier molecular flexibility index (Phi) is 23.8. The average Bonchev–Trinajstić information content (AvgIpc) is 2.57. The van der Waals surface area contributed by atoms with E-state index in [4.69, 9.17) is 5.73 Å². The molecule has 0 aromatic heterocycles. The molecule has 11 nitrogen and oxygen atoms in total. The van der Waals surface area contributed by atoms with Crippen molar-refractivity contribution >= 4 is 11.8 Å². The Hall–Kier alpha value is 0.400. The second-order valence-electron chi connectivity index (χ2n) is 4.68. The van der Waals surface area contributed by atoms with E-state index in [2.05, 4.69) is 45.0 Å². The van der Waals surface area contributed by atoms with Crippen molar-refractivity contribution in [2.75, 3.05) is 0 Å². The molecule has 4 N–H and O–H groups in total. The van der Waals surface area contributed by atoms with Crippen molar-refractivity contribution in [2.45, 2.75) is 31.5 Å². The van der Waals surface area contributed by atoms with Gasteiger partial charge in [-0.15, -0.1) is 0 Å². The molecule has 0 heterocycles. The second kappa shape index (κ2) is 18.4. The van der Waals surface area contributed by atoms with Crippen LogP contribution in [0.3, 0.4) is 0 Å². The van der Waals surface area contributed by atoms with Crippen LogP contribution in [0.15, 0.2) is 37.0 Å². The Morgan fingerprint density at radius 1 is 0.926 bits per heavy atom. The maximum atomic E-state index is 11.9. The van der Waals surface area contributed by atoms with Crippen molar-refractivity contribution in [3.8, 4) is 0 Å². The average molecular weight is 413 g/mol. The van der Waals surface area contributed by atoms with E-state index in [1.165, 1.54) is 6.92 Å². The molecule has 0 radical (unpaired) electrons. The molecule has 0 saturated heterocycles. The fraction of sp³-hybridized carbons (Fsp3) is 0.385. The zero-order chi connectivity index (χ0) is 18.9. The summed E-state index contributed by atoms with van der Waals surface area (Å²) in [4.78, 5) is 34.5. The summed E-state index contributed by atoms with van der Waals surface area (Å²) in [7, 11) is 0. The summed E-state index contributed by atoms with van der Waals surface area (Å²) in [5.74, 6) is -2.93. The predicted octanol–water partition coefficient (Wildman–Crippen LogP) is -12.9. The zero-order valence-electron chi connectivity index (χ0n) is 15.9. The maximum Gasteiger partial charge on any atom is 1.00 e. The Labute approximate surface area is 223 Å². The molecule has 0 saturated carbocycles. The Morgan fingerprint density at radius 3 is 1.78 bits per heavy atom. The fourth-order valence-corrected chi connectivity index (χ4v) is 1.40. The summed E-state index contributed by atoms with van der Waals surface area (Å²) < 4.78 is 0. The fourth-order valence-electron chi connectivity index (χ4n) is 1.40. The third kappa shape index (κ3) is 13.3. The van der Waals surface area contributed by atoms with E-state index in [0.717, 1.165) is 0 Å². The van der Waals surface area contributed by atoms with Gasteiger partial charge >= 0.3 is 88.7 Å². The smallest absolute Gasteiger partial charge is 0.664 e. The van der Waals surface area contributed by atoms with E-state index in [1.807, 2.05) is 0 Å². The number of carbonyl (C=O) groups excluding carboxylic acids is 2. The molecule has 0 rings (SSSR count). The molecule has 0 aliphatic heterocycles. The third-order valence-electron chi connectivity index (χ3n) is 2.91. The van der Waals surface area contributed by atoms with Crippen molar-refractivity contribution in [3.63, 3.8) is 0 Å². The normalized spacial score (nSPS) is 12.2. The van der Waals surface area contributed by atoms with Gasteiger partial charge in [-0.2, -0.15) is 0 Å². The van der Waals surface area contributed by atoms with Gasteiger partial charge in [-0.1, -0.05) is 19.7 Å². The monoisotopic (exact) mass is 413 g/mol. The van der Waals surface area contributed by atoms with Gasteiger partial charge in [0.05, 0.1) is 18.5 Å². The van der Waals surface area contributed by atoms with Crippen molar-refractivity contribution in [1.82, 2.24) is 10.6 Å². The van der Waals surface area contributed by atoms with Crippen LogP contribution in [0.25, 0.3) is 0 Å². The number of nitrogens with two attached hydrogens (primary N) is 1. The third-order valence-corrected chi connectivity index (χ3v) is 2.91. The molecule has 0 spiro atoms. The predicted molar refractivity (Wildman–Crippen MR) is 72.8 cm³/mol. The van der Waals surface area contributed by atoms with Gasteiger partial charge in [0.25, 0.3) is 0 Å². The summed E-state index contributed by atoms with van der Waals surface area (Å²) in [6.07, 6.45) is -0.472. The Balaban J connectivity index is -0.000000882. The Bertz CT molecular complexity index is 521. The molecule has 3 atom stereocenters. The van der Waals surface area contributed by atoms with Gasteiger partial charge in [0, 0.05) is 0 Å². The minimum Gasteiger partial charge on any atom is -0.664 e. The summed E-state index contributed by atoms with van der Waals surface area (Å²) in [5.41, 5.74) is 5.38. The van der Waals surface area contributed by atoms with E-state index in [9.17, 15) is 25.4 Å². The molecule has 2 amide bonds. The summed E-state index contributed by atoms with van der Waals surface area (Å²) in [6.45, 7) is 11.1. The number of carbonyl (C=O) groups is 2. The van der Waals surface area contributed by atoms with Crippen LogP contribution in [0, 0.1) is 0 Å². The van der Waals surface area contributed by atoms with Crippen LogP contribution < -0.4 is 121 Å². The van der Waals surface area contributed by atoms with Crippen LogP contribution in [-0.2, 0) is 24.3 Å². The number of nitrogens with one attached hydrogen (secondary N) is 2. The molecule has 136 valence electrons. The summed E-state index contributed by atoms with van der Waals surface area (Å²) in [6, 6.07) is -3.60. The first-order valence-electron chi connectivity index (χ1n) is 6.49. The molecule has 0 bridgehead atoms. The first-order chi connectivity index (χ1) is 11.2. The van der Waals surface area contributed by atoms with Crippen molar-refractivity contribution < 1.29 is 129 Å². The Morgan fingerprint density at radius 2 is 1.37 bits per heavy atom. The molecule has 3 unspecified atom stereocenters. The first-order valence-corrected chi connectivity index (χ1v) is 6.49. The molecule has 0 fully saturated rings. The number of amides is 2. The van der Waals surface area contributed by atoms with Gasteiger partial charge in [0.1, 0.15) is 23.3 Å². The van der Waals surface area contributed by atoms with Crippen LogP contribution >= 0.6 is 0 Å². The van der Waals surface area contributed by atoms with E-state index in [-0.39, 0.29) is 94.4 Å². The molecule has 0 aliphatic carbocycles. The molecular weight excluding hydrogens is 395 g/mol. The number of rotatable bonds is 11. The number of hydrogen-bond donors (Lipinski definition) is 3.